The predicted molar refractivity (Wildman–Crippen MR) is 101 cm³/mol. The molecule has 0 amide bonds. The van der Waals surface area contributed by atoms with E-state index < -0.39 is 16.9 Å². The summed E-state index contributed by atoms with van der Waals surface area (Å²) in [6, 6.07) is 22.9. The van der Waals surface area contributed by atoms with Crippen LogP contribution in [-0.2, 0) is 0 Å². The lowest BCUT2D eigenvalue weighted by molar-refractivity contribution is 1.61. The molecule has 0 spiro atoms. The molecule has 108 valence electrons. The van der Waals surface area contributed by atoms with Gasteiger partial charge in [0, 0.05) is 8.80 Å². The maximum atomic E-state index is 4.21. The number of hydrogen-bond acceptors (Lipinski definition) is 0. The molecule has 0 heterocycles. The Balaban J connectivity index is 2.52. The third-order valence-electron chi connectivity index (χ3n) is 3.81. The summed E-state index contributed by atoms with van der Waals surface area (Å²) < 4.78 is 0. The Bertz CT molecular complexity index is 546. The van der Waals surface area contributed by atoms with Crippen LogP contribution in [0.4, 0.5) is 0 Å². The van der Waals surface area contributed by atoms with Crippen LogP contribution in [0.15, 0.2) is 84.7 Å². The third kappa shape index (κ3) is 3.71. The fourth-order valence-electron chi connectivity index (χ4n) is 2.62. The molecule has 0 atom stereocenters. The summed E-state index contributed by atoms with van der Waals surface area (Å²) in [7, 11) is -2.54. The lowest BCUT2D eigenvalue weighted by Gasteiger charge is -2.26. The summed E-state index contributed by atoms with van der Waals surface area (Å²) >= 11 is 0. The van der Waals surface area contributed by atoms with Gasteiger partial charge >= 0.3 is 0 Å². The topological polar surface area (TPSA) is 0 Å². The van der Waals surface area contributed by atoms with Crippen LogP contribution in [0.25, 0.3) is 0 Å². The van der Waals surface area contributed by atoms with Gasteiger partial charge in [-0.3, -0.25) is 0 Å². The van der Waals surface area contributed by atoms with Gasteiger partial charge in [0.2, 0.25) is 0 Å². The summed E-state index contributed by atoms with van der Waals surface area (Å²) in [5.74, 6) is 0. The molecular weight excluding hydrogens is 284 g/mol. The van der Waals surface area contributed by atoms with Crippen molar-refractivity contribution in [3.63, 3.8) is 0 Å². The first-order chi connectivity index (χ1) is 10.2. The van der Waals surface area contributed by atoms with E-state index in [4.69, 9.17) is 0 Å². The second kappa shape index (κ2) is 7.39. The minimum atomic E-state index is -1.98. The van der Waals surface area contributed by atoms with E-state index in [1.807, 2.05) is 0 Å². The van der Waals surface area contributed by atoms with Crippen LogP contribution in [0.3, 0.4) is 0 Å². The van der Waals surface area contributed by atoms with E-state index in [9.17, 15) is 0 Å². The number of hydrogen-bond donors (Lipinski definition) is 0. The fourth-order valence-corrected chi connectivity index (χ4v) is 6.89. The summed E-state index contributed by atoms with van der Waals surface area (Å²) in [6.07, 6.45) is 2.41. The van der Waals surface area contributed by atoms with Crippen molar-refractivity contribution in [3.05, 3.63) is 84.7 Å². The van der Waals surface area contributed by atoms with Crippen molar-refractivity contribution in [1.82, 2.24) is 0 Å². The Morgan fingerprint density at radius 2 is 1.38 bits per heavy atom. The minimum absolute atomic E-state index is 0.558. The van der Waals surface area contributed by atoms with Crippen molar-refractivity contribution in [3.8, 4) is 0 Å². The molecule has 2 rings (SSSR count). The lowest BCUT2D eigenvalue weighted by Crippen LogP contribution is -2.55. The molecule has 2 aromatic carbocycles. The summed E-state index contributed by atoms with van der Waals surface area (Å²) in [5, 5.41) is 2.82. The molecule has 2 aromatic rings. The van der Waals surface area contributed by atoms with Gasteiger partial charge < -0.3 is 0 Å². The normalized spacial score (nSPS) is 12.0. The summed E-state index contributed by atoms with van der Waals surface area (Å²) in [4.78, 5) is 0. The maximum Gasteiger partial charge on any atom is 0.164 e. The SMILES string of the molecule is C=C[Si](C=CC[SiH](C)C)(c1ccccc1)c1ccccc1. The van der Waals surface area contributed by atoms with Crippen LogP contribution in [-0.4, -0.2) is 16.9 Å². The number of benzene rings is 2. The molecule has 0 aliphatic carbocycles. The Morgan fingerprint density at radius 1 is 0.905 bits per heavy atom. The van der Waals surface area contributed by atoms with Gasteiger partial charge in [0.1, 0.15) is 0 Å². The minimum Gasteiger partial charge on any atom is -0.106 e. The molecule has 2 heteroatoms. The zero-order valence-electron chi connectivity index (χ0n) is 13.0. The first-order valence-electron chi connectivity index (χ1n) is 7.61. The first kappa shape index (κ1) is 15.7. The van der Waals surface area contributed by atoms with Gasteiger partial charge in [-0.05, 0) is 16.4 Å². The average molecular weight is 309 g/mol. The predicted octanol–water partition coefficient (Wildman–Crippen LogP) is 3.56. The van der Waals surface area contributed by atoms with Crippen molar-refractivity contribution in [2.45, 2.75) is 19.1 Å². The molecule has 0 aliphatic rings. The number of allylic oxidation sites excluding steroid dienone is 1. The largest absolute Gasteiger partial charge is 0.164 e. The third-order valence-corrected chi connectivity index (χ3v) is 9.01. The molecule has 0 aromatic heterocycles. The highest BCUT2D eigenvalue weighted by molar-refractivity contribution is 7.09. The Hall–Kier alpha value is -1.65. The van der Waals surface area contributed by atoms with E-state index in [0.717, 1.165) is 0 Å². The van der Waals surface area contributed by atoms with E-state index in [0.29, 0.717) is 0 Å². The second-order valence-electron chi connectivity index (χ2n) is 5.84. The Morgan fingerprint density at radius 3 is 1.76 bits per heavy atom. The molecule has 0 unspecified atom stereocenters. The van der Waals surface area contributed by atoms with Crippen LogP contribution in [0, 0.1) is 0 Å². The number of rotatable bonds is 6. The van der Waals surface area contributed by atoms with Gasteiger partial charge in [0.05, 0.1) is 0 Å². The van der Waals surface area contributed by atoms with Crippen molar-refractivity contribution in [2.24, 2.45) is 0 Å². The molecule has 0 aliphatic heterocycles. The van der Waals surface area contributed by atoms with E-state index in [-0.39, 0.29) is 0 Å². The molecule has 0 bridgehead atoms. The maximum absolute atomic E-state index is 4.21. The highest BCUT2D eigenvalue weighted by Gasteiger charge is 2.30. The van der Waals surface area contributed by atoms with Gasteiger partial charge in [-0.25, -0.2) is 0 Å². The van der Waals surface area contributed by atoms with Gasteiger partial charge in [-0.1, -0.05) is 91.2 Å². The van der Waals surface area contributed by atoms with E-state index in [2.05, 4.69) is 97.8 Å². The Labute approximate surface area is 131 Å². The van der Waals surface area contributed by atoms with Crippen LogP contribution in [0.5, 0.6) is 0 Å². The summed E-state index contributed by atoms with van der Waals surface area (Å²) in [6.45, 7) is 9.00. The lowest BCUT2D eigenvalue weighted by atomic mass is 10.4. The summed E-state index contributed by atoms with van der Waals surface area (Å²) in [5.41, 5.74) is 4.67. The van der Waals surface area contributed by atoms with Gasteiger partial charge in [-0.2, -0.15) is 0 Å². The van der Waals surface area contributed by atoms with Crippen LogP contribution < -0.4 is 10.4 Å². The molecular formula is C19H24Si2. The van der Waals surface area contributed by atoms with Crippen LogP contribution >= 0.6 is 0 Å². The highest BCUT2D eigenvalue weighted by Crippen LogP contribution is 2.10. The molecule has 0 N–H and O–H groups in total. The van der Waals surface area contributed by atoms with Crippen molar-refractivity contribution < 1.29 is 0 Å². The van der Waals surface area contributed by atoms with E-state index in [1.165, 1.54) is 16.4 Å². The van der Waals surface area contributed by atoms with Crippen LogP contribution in [0.2, 0.25) is 19.1 Å². The molecule has 0 nitrogen and oxygen atoms in total. The molecule has 0 saturated carbocycles. The highest BCUT2D eigenvalue weighted by atomic mass is 28.3. The zero-order valence-corrected chi connectivity index (χ0v) is 15.2. The smallest absolute Gasteiger partial charge is 0.106 e. The monoisotopic (exact) mass is 308 g/mol. The average Bonchev–Trinajstić information content (AvgIpc) is 2.53. The standard InChI is InChI=1S/C19H24Si2/c1-4-21(17-11-16-20(2)3,18-12-7-5-8-13-18)19-14-9-6-10-15-19/h4-15,17,20H,1,16H2,2-3H3. The van der Waals surface area contributed by atoms with Crippen molar-refractivity contribution in [2.75, 3.05) is 0 Å². The second-order valence-corrected chi connectivity index (χ2v) is 12.7. The fraction of sp³-hybridized carbons (Fsp3) is 0.158. The van der Waals surface area contributed by atoms with Gasteiger partial charge in [0.25, 0.3) is 0 Å². The van der Waals surface area contributed by atoms with Crippen molar-refractivity contribution in [1.29, 1.82) is 0 Å². The van der Waals surface area contributed by atoms with E-state index >= 15 is 0 Å². The Kier molecular flexibility index (Phi) is 5.54. The first-order valence-corrected chi connectivity index (χ1v) is 12.9. The molecule has 0 radical (unpaired) electrons. The molecule has 0 saturated heterocycles. The van der Waals surface area contributed by atoms with E-state index in [1.54, 1.807) is 0 Å². The van der Waals surface area contributed by atoms with Gasteiger partial charge in [-0.15, -0.1) is 6.58 Å². The van der Waals surface area contributed by atoms with Crippen molar-refractivity contribution >= 4 is 27.2 Å². The van der Waals surface area contributed by atoms with Gasteiger partial charge in [0.15, 0.2) is 8.07 Å². The molecule has 21 heavy (non-hydrogen) atoms. The van der Waals surface area contributed by atoms with Crippen LogP contribution in [0.1, 0.15) is 0 Å². The molecule has 0 fully saturated rings. The quantitative estimate of drug-likeness (QED) is 0.716. The zero-order chi connectivity index (χ0) is 15.1.